The van der Waals surface area contributed by atoms with Crippen molar-refractivity contribution in [3.63, 3.8) is 0 Å². The molecule has 0 aromatic heterocycles. The fourth-order valence-corrected chi connectivity index (χ4v) is 4.17. The van der Waals surface area contributed by atoms with E-state index < -0.39 is 0 Å². The Kier molecular flexibility index (Phi) is 17.9. The second-order valence-corrected chi connectivity index (χ2v) is 8.17. The van der Waals surface area contributed by atoms with E-state index in [0.29, 0.717) is 5.25 Å². The van der Waals surface area contributed by atoms with Crippen LogP contribution in [0, 0.1) is 0 Å². The molecule has 2 unspecified atom stereocenters. The molecule has 0 aliphatic heterocycles. The average molecular weight is 331 g/mol. The van der Waals surface area contributed by atoms with Gasteiger partial charge in [-0.05, 0) is 25.5 Å². The Labute approximate surface area is 145 Å². The highest BCUT2D eigenvalue weighted by molar-refractivity contribution is 7.99. The highest BCUT2D eigenvalue weighted by Crippen LogP contribution is 2.23. The van der Waals surface area contributed by atoms with Crippen molar-refractivity contribution in [2.24, 2.45) is 0 Å². The van der Waals surface area contributed by atoms with E-state index in [-0.39, 0.29) is 6.10 Å². The van der Waals surface area contributed by atoms with Crippen molar-refractivity contribution in [3.8, 4) is 0 Å². The van der Waals surface area contributed by atoms with E-state index in [1.54, 1.807) is 0 Å². The maximum atomic E-state index is 9.92. The maximum Gasteiger partial charge on any atom is 0.0630 e. The van der Waals surface area contributed by atoms with E-state index in [9.17, 15) is 5.11 Å². The van der Waals surface area contributed by atoms with Gasteiger partial charge in [-0.15, -0.1) is 0 Å². The van der Waals surface area contributed by atoms with Crippen molar-refractivity contribution >= 4 is 11.8 Å². The van der Waals surface area contributed by atoms with Crippen LogP contribution >= 0.6 is 11.8 Å². The molecule has 0 spiro atoms. The molecular weight excluding hydrogens is 288 g/mol. The summed E-state index contributed by atoms with van der Waals surface area (Å²) in [5.41, 5.74) is 0. The van der Waals surface area contributed by atoms with Crippen LogP contribution in [0.3, 0.4) is 0 Å². The molecule has 0 heterocycles. The summed E-state index contributed by atoms with van der Waals surface area (Å²) >= 11 is 2.02. The summed E-state index contributed by atoms with van der Waals surface area (Å²) in [4.78, 5) is 0. The molecule has 0 saturated heterocycles. The lowest BCUT2D eigenvalue weighted by atomic mass is 10.1. The van der Waals surface area contributed by atoms with Crippen molar-refractivity contribution in [1.29, 1.82) is 0 Å². The largest absolute Gasteiger partial charge is 0.392 e. The van der Waals surface area contributed by atoms with Gasteiger partial charge in [0, 0.05) is 5.25 Å². The summed E-state index contributed by atoms with van der Waals surface area (Å²) in [6.07, 6.45) is 18.9. The first-order valence-corrected chi connectivity index (χ1v) is 11.1. The Balaban J connectivity index is 3.45. The number of hydrogen-bond donors (Lipinski definition) is 1. The number of rotatable bonds is 17. The molecule has 0 amide bonds. The highest BCUT2D eigenvalue weighted by atomic mass is 32.2. The molecule has 2 atom stereocenters. The molecule has 0 radical (unpaired) electrons. The molecule has 0 aromatic carbocycles. The number of hydrogen-bond acceptors (Lipinski definition) is 2. The zero-order valence-corrected chi connectivity index (χ0v) is 16.4. The minimum absolute atomic E-state index is 0.148. The molecular formula is C20H42OS. The molecule has 0 bridgehead atoms. The predicted octanol–water partition coefficient (Wildman–Crippen LogP) is 6.97. The van der Waals surface area contributed by atoms with Gasteiger partial charge in [0.1, 0.15) is 0 Å². The third kappa shape index (κ3) is 15.2. The third-order valence-electron chi connectivity index (χ3n) is 4.46. The number of aliphatic hydroxyl groups excluding tert-OH is 1. The van der Waals surface area contributed by atoms with Crippen molar-refractivity contribution in [3.05, 3.63) is 0 Å². The summed E-state index contributed by atoms with van der Waals surface area (Å²) in [7, 11) is 0. The molecule has 0 aliphatic carbocycles. The number of aliphatic hydroxyl groups is 1. The van der Waals surface area contributed by atoms with E-state index >= 15 is 0 Å². The quantitative estimate of drug-likeness (QED) is 0.291. The van der Waals surface area contributed by atoms with Crippen molar-refractivity contribution in [1.82, 2.24) is 0 Å². The molecule has 0 aromatic rings. The third-order valence-corrected chi connectivity index (χ3v) is 6.04. The predicted molar refractivity (Wildman–Crippen MR) is 104 cm³/mol. The van der Waals surface area contributed by atoms with E-state index in [1.807, 2.05) is 18.7 Å². The zero-order chi connectivity index (χ0) is 16.5. The van der Waals surface area contributed by atoms with Crippen molar-refractivity contribution in [2.45, 2.75) is 122 Å². The van der Waals surface area contributed by atoms with Crippen LogP contribution < -0.4 is 0 Å². The highest BCUT2D eigenvalue weighted by Gasteiger charge is 2.14. The molecule has 1 nitrogen and oxygen atoms in total. The van der Waals surface area contributed by atoms with Crippen molar-refractivity contribution < 1.29 is 5.11 Å². The summed E-state index contributed by atoms with van der Waals surface area (Å²) in [6, 6.07) is 0. The van der Waals surface area contributed by atoms with Crippen LogP contribution in [0.2, 0.25) is 0 Å². The Morgan fingerprint density at radius 2 is 1.14 bits per heavy atom. The topological polar surface area (TPSA) is 20.2 Å². The van der Waals surface area contributed by atoms with Gasteiger partial charge in [-0.2, -0.15) is 11.8 Å². The molecule has 1 N–H and O–H groups in total. The molecule has 2 heteroatoms. The monoisotopic (exact) mass is 330 g/mol. The molecule has 134 valence electrons. The lowest BCUT2D eigenvalue weighted by Gasteiger charge is -2.19. The Hall–Kier alpha value is 0.310. The van der Waals surface area contributed by atoms with E-state index in [0.717, 1.165) is 0 Å². The first-order valence-electron chi connectivity index (χ1n) is 10.0. The lowest BCUT2D eigenvalue weighted by Crippen LogP contribution is -2.19. The van der Waals surface area contributed by atoms with Crippen LogP contribution in [0.5, 0.6) is 0 Å². The van der Waals surface area contributed by atoms with Gasteiger partial charge in [-0.3, -0.25) is 0 Å². The van der Waals surface area contributed by atoms with Gasteiger partial charge < -0.3 is 5.11 Å². The molecule has 0 saturated carbocycles. The summed E-state index contributed by atoms with van der Waals surface area (Å²) in [5.74, 6) is 1.24. The Morgan fingerprint density at radius 3 is 1.64 bits per heavy atom. The van der Waals surface area contributed by atoms with E-state index in [4.69, 9.17) is 0 Å². The summed E-state index contributed by atoms with van der Waals surface area (Å²) in [5, 5.41) is 10.4. The van der Waals surface area contributed by atoms with E-state index in [1.165, 1.54) is 95.6 Å². The summed E-state index contributed by atoms with van der Waals surface area (Å²) in [6.45, 7) is 6.51. The summed E-state index contributed by atoms with van der Waals surface area (Å²) < 4.78 is 0. The smallest absolute Gasteiger partial charge is 0.0630 e. The van der Waals surface area contributed by atoms with Gasteiger partial charge in [0.25, 0.3) is 0 Å². The molecule has 0 aliphatic rings. The van der Waals surface area contributed by atoms with Gasteiger partial charge in [-0.25, -0.2) is 0 Å². The zero-order valence-electron chi connectivity index (χ0n) is 15.6. The maximum absolute atomic E-state index is 9.92. The molecule has 0 fully saturated rings. The fourth-order valence-electron chi connectivity index (χ4n) is 2.88. The lowest BCUT2D eigenvalue weighted by molar-refractivity contribution is 0.186. The van der Waals surface area contributed by atoms with Gasteiger partial charge in [-0.1, -0.05) is 90.9 Å². The van der Waals surface area contributed by atoms with Crippen LogP contribution in [0.1, 0.15) is 111 Å². The normalized spacial score (nSPS) is 14.2. The number of unbranched alkanes of at least 4 members (excludes halogenated alkanes) is 11. The standard InChI is InChI=1S/C20H42OS/c1-4-6-8-10-11-12-14-16-18-22-20(19(3)21)17-15-13-9-7-5-2/h19-21H,4-18H2,1-3H3. The first kappa shape index (κ1) is 22.3. The van der Waals surface area contributed by atoms with Gasteiger partial charge in [0.2, 0.25) is 0 Å². The second-order valence-electron chi connectivity index (χ2n) is 6.83. The first-order chi connectivity index (χ1) is 10.7. The Bertz CT molecular complexity index is 206. The van der Waals surface area contributed by atoms with Crippen LogP contribution in [0.4, 0.5) is 0 Å². The van der Waals surface area contributed by atoms with Crippen LogP contribution in [0.25, 0.3) is 0 Å². The number of thioether (sulfide) groups is 1. The second kappa shape index (κ2) is 17.7. The Morgan fingerprint density at radius 1 is 0.682 bits per heavy atom. The minimum Gasteiger partial charge on any atom is -0.392 e. The van der Waals surface area contributed by atoms with Crippen LogP contribution in [0.15, 0.2) is 0 Å². The van der Waals surface area contributed by atoms with Gasteiger partial charge in [0.05, 0.1) is 6.10 Å². The van der Waals surface area contributed by atoms with Crippen LogP contribution in [-0.2, 0) is 0 Å². The van der Waals surface area contributed by atoms with Gasteiger partial charge in [0.15, 0.2) is 0 Å². The fraction of sp³-hybridized carbons (Fsp3) is 1.00. The minimum atomic E-state index is -0.148. The van der Waals surface area contributed by atoms with E-state index in [2.05, 4.69) is 13.8 Å². The van der Waals surface area contributed by atoms with Crippen LogP contribution in [-0.4, -0.2) is 22.2 Å². The van der Waals surface area contributed by atoms with Gasteiger partial charge >= 0.3 is 0 Å². The molecule has 22 heavy (non-hydrogen) atoms. The SMILES string of the molecule is CCCCCCCCCCSC(CCCCCCC)C(C)O. The molecule has 0 rings (SSSR count). The average Bonchev–Trinajstić information content (AvgIpc) is 2.50. The van der Waals surface area contributed by atoms with Crippen molar-refractivity contribution in [2.75, 3.05) is 5.75 Å².